The summed E-state index contributed by atoms with van der Waals surface area (Å²) in [5.74, 6) is -0.562. The lowest BCUT2D eigenvalue weighted by molar-refractivity contribution is 0.0711. The number of hydroxylamine groups is 1. The van der Waals surface area contributed by atoms with E-state index in [1.807, 2.05) is 38.1 Å². The summed E-state index contributed by atoms with van der Waals surface area (Å²) < 4.78 is 0. The number of hydrogen-bond donors (Lipinski definition) is 4. The van der Waals surface area contributed by atoms with E-state index in [9.17, 15) is 9.59 Å². The van der Waals surface area contributed by atoms with Crippen LogP contribution < -0.4 is 16.1 Å². The number of rotatable bonds is 4. The van der Waals surface area contributed by atoms with Gasteiger partial charge in [0.25, 0.3) is 5.91 Å². The van der Waals surface area contributed by atoms with Gasteiger partial charge in [-0.15, -0.1) is 11.3 Å². The van der Waals surface area contributed by atoms with E-state index >= 15 is 0 Å². The van der Waals surface area contributed by atoms with E-state index in [2.05, 4.69) is 10.6 Å². The van der Waals surface area contributed by atoms with Crippen molar-refractivity contribution in [2.75, 3.05) is 5.32 Å². The Morgan fingerprint density at radius 1 is 1.14 bits per heavy atom. The first-order valence-electron chi connectivity index (χ1n) is 6.68. The van der Waals surface area contributed by atoms with E-state index in [1.165, 1.54) is 11.3 Å². The molecule has 0 saturated carbocycles. The molecule has 116 valence electrons. The van der Waals surface area contributed by atoms with Crippen LogP contribution in [-0.2, 0) is 0 Å². The van der Waals surface area contributed by atoms with Crippen LogP contribution in [0.15, 0.2) is 36.4 Å². The molecule has 0 aliphatic heterocycles. The van der Waals surface area contributed by atoms with Gasteiger partial charge in [0, 0.05) is 10.6 Å². The molecule has 0 fully saturated rings. The number of thiophene rings is 1. The Balaban J connectivity index is 1.94. The van der Waals surface area contributed by atoms with E-state index in [1.54, 1.807) is 17.6 Å². The lowest BCUT2D eigenvalue weighted by atomic mass is 10.2. The first-order valence-corrected chi connectivity index (χ1v) is 7.49. The number of carbonyl (C=O) groups is 2. The topological polar surface area (TPSA) is 90.5 Å². The van der Waals surface area contributed by atoms with Crippen LogP contribution in [0, 0.1) is 6.92 Å². The number of carbonyl (C=O) groups excluding carboxylic acids is 2. The van der Waals surface area contributed by atoms with Gasteiger partial charge in [0.1, 0.15) is 0 Å². The van der Waals surface area contributed by atoms with Crippen LogP contribution in [0.3, 0.4) is 0 Å². The molecule has 1 atom stereocenters. The van der Waals surface area contributed by atoms with Gasteiger partial charge in [0.2, 0.25) is 0 Å². The maximum absolute atomic E-state index is 11.9. The molecule has 2 aromatic rings. The number of aryl methyl sites for hydroxylation is 1. The van der Waals surface area contributed by atoms with Gasteiger partial charge in [-0.1, -0.05) is 17.7 Å². The average molecular weight is 319 g/mol. The second-order valence-electron chi connectivity index (χ2n) is 4.83. The highest BCUT2D eigenvalue weighted by atomic mass is 32.1. The zero-order valence-electron chi connectivity index (χ0n) is 12.2. The Morgan fingerprint density at radius 2 is 1.82 bits per heavy atom. The zero-order chi connectivity index (χ0) is 16.1. The molecule has 0 bridgehead atoms. The third-order valence-corrected chi connectivity index (χ3v) is 4.30. The van der Waals surface area contributed by atoms with Gasteiger partial charge in [-0.05, 0) is 38.1 Å². The Bertz CT molecular complexity index is 667. The normalized spacial score (nSPS) is 11.6. The Kier molecular flexibility index (Phi) is 5.13. The number of amides is 3. The van der Waals surface area contributed by atoms with E-state index in [0.29, 0.717) is 10.6 Å². The summed E-state index contributed by atoms with van der Waals surface area (Å²) >= 11 is 1.21. The molecule has 0 spiro atoms. The number of anilines is 1. The molecule has 1 unspecified atom stereocenters. The van der Waals surface area contributed by atoms with Crippen molar-refractivity contribution >= 4 is 29.0 Å². The standard InChI is InChI=1S/C15H17N3O3S/c1-9-3-5-11(6-4-9)17-15(20)16-10(2)12-7-8-13(22-12)14(19)18-21/h3-8,10,21H,1-2H3,(H,18,19)(H2,16,17,20). The molecular formula is C15H17N3O3S. The Hall–Kier alpha value is -2.38. The fourth-order valence-electron chi connectivity index (χ4n) is 1.83. The van der Waals surface area contributed by atoms with Gasteiger partial charge in [-0.25, -0.2) is 10.3 Å². The molecule has 22 heavy (non-hydrogen) atoms. The minimum Gasteiger partial charge on any atom is -0.331 e. The highest BCUT2D eigenvalue weighted by Gasteiger charge is 2.14. The van der Waals surface area contributed by atoms with Crippen LogP contribution in [0.1, 0.15) is 33.1 Å². The Labute approximate surface area is 132 Å². The van der Waals surface area contributed by atoms with Crippen molar-refractivity contribution in [2.45, 2.75) is 19.9 Å². The third kappa shape index (κ3) is 4.06. The van der Waals surface area contributed by atoms with Crippen molar-refractivity contribution < 1.29 is 14.8 Å². The first kappa shape index (κ1) is 16.0. The van der Waals surface area contributed by atoms with Crippen molar-refractivity contribution in [3.8, 4) is 0 Å². The smallest absolute Gasteiger partial charge is 0.319 e. The van der Waals surface area contributed by atoms with Crippen LogP contribution in [0.25, 0.3) is 0 Å². The third-order valence-electron chi connectivity index (χ3n) is 3.04. The largest absolute Gasteiger partial charge is 0.331 e. The SMILES string of the molecule is Cc1ccc(NC(=O)NC(C)c2ccc(C(=O)NO)s2)cc1. The molecule has 3 amide bonds. The molecule has 0 radical (unpaired) electrons. The fraction of sp³-hybridized carbons (Fsp3) is 0.200. The quantitative estimate of drug-likeness (QED) is 0.516. The fourth-order valence-corrected chi connectivity index (χ4v) is 2.73. The molecule has 0 aliphatic rings. The summed E-state index contributed by atoms with van der Waals surface area (Å²) in [5.41, 5.74) is 3.41. The molecule has 1 heterocycles. The first-order chi connectivity index (χ1) is 10.5. The van der Waals surface area contributed by atoms with E-state index in [4.69, 9.17) is 5.21 Å². The second-order valence-corrected chi connectivity index (χ2v) is 5.94. The molecule has 4 N–H and O–H groups in total. The molecular weight excluding hydrogens is 302 g/mol. The Morgan fingerprint density at radius 3 is 2.45 bits per heavy atom. The van der Waals surface area contributed by atoms with Crippen LogP contribution in [0.4, 0.5) is 10.5 Å². The van der Waals surface area contributed by atoms with Gasteiger partial charge in [-0.2, -0.15) is 0 Å². The van der Waals surface area contributed by atoms with E-state index in [0.717, 1.165) is 10.4 Å². The minimum atomic E-state index is -0.562. The average Bonchev–Trinajstić information content (AvgIpc) is 2.98. The molecule has 1 aromatic carbocycles. The van der Waals surface area contributed by atoms with E-state index in [-0.39, 0.29) is 12.1 Å². The molecule has 0 saturated heterocycles. The second kappa shape index (κ2) is 7.06. The maximum atomic E-state index is 11.9. The summed E-state index contributed by atoms with van der Waals surface area (Å²) in [6.45, 7) is 3.80. The van der Waals surface area contributed by atoms with Crippen LogP contribution in [0.2, 0.25) is 0 Å². The van der Waals surface area contributed by atoms with E-state index < -0.39 is 5.91 Å². The van der Waals surface area contributed by atoms with Gasteiger partial charge >= 0.3 is 6.03 Å². The zero-order valence-corrected chi connectivity index (χ0v) is 13.0. The van der Waals surface area contributed by atoms with Gasteiger partial charge < -0.3 is 10.6 Å². The minimum absolute atomic E-state index is 0.254. The number of benzene rings is 1. The van der Waals surface area contributed by atoms with Crippen molar-refractivity contribution in [3.63, 3.8) is 0 Å². The lowest BCUT2D eigenvalue weighted by Gasteiger charge is -2.13. The number of urea groups is 1. The van der Waals surface area contributed by atoms with Crippen molar-refractivity contribution in [2.24, 2.45) is 0 Å². The highest BCUT2D eigenvalue weighted by molar-refractivity contribution is 7.14. The van der Waals surface area contributed by atoms with Crippen molar-refractivity contribution in [1.29, 1.82) is 0 Å². The van der Waals surface area contributed by atoms with Crippen LogP contribution in [-0.4, -0.2) is 17.1 Å². The summed E-state index contributed by atoms with van der Waals surface area (Å²) in [6.07, 6.45) is 0. The maximum Gasteiger partial charge on any atom is 0.319 e. The van der Waals surface area contributed by atoms with Crippen molar-refractivity contribution in [3.05, 3.63) is 51.7 Å². The molecule has 1 aromatic heterocycles. The predicted molar refractivity (Wildman–Crippen MR) is 85.3 cm³/mol. The molecule has 7 heteroatoms. The van der Waals surface area contributed by atoms with Crippen molar-refractivity contribution in [1.82, 2.24) is 10.8 Å². The van der Waals surface area contributed by atoms with Crippen LogP contribution in [0.5, 0.6) is 0 Å². The molecule has 6 nitrogen and oxygen atoms in total. The number of hydrogen-bond acceptors (Lipinski definition) is 4. The summed E-state index contributed by atoms with van der Waals surface area (Å²) in [6, 6.07) is 10.3. The summed E-state index contributed by atoms with van der Waals surface area (Å²) in [5, 5.41) is 14.1. The highest BCUT2D eigenvalue weighted by Crippen LogP contribution is 2.23. The summed E-state index contributed by atoms with van der Waals surface area (Å²) in [7, 11) is 0. The predicted octanol–water partition coefficient (Wildman–Crippen LogP) is 3.06. The molecule has 2 rings (SSSR count). The monoisotopic (exact) mass is 319 g/mol. The van der Waals surface area contributed by atoms with Crippen LogP contribution >= 0.6 is 11.3 Å². The molecule has 0 aliphatic carbocycles. The van der Waals surface area contributed by atoms with Gasteiger partial charge in [-0.3, -0.25) is 10.0 Å². The lowest BCUT2D eigenvalue weighted by Crippen LogP contribution is -2.30. The number of nitrogens with one attached hydrogen (secondary N) is 3. The summed E-state index contributed by atoms with van der Waals surface area (Å²) in [4.78, 5) is 24.4. The van der Waals surface area contributed by atoms with Gasteiger partial charge in [0.05, 0.1) is 10.9 Å². The van der Waals surface area contributed by atoms with Gasteiger partial charge in [0.15, 0.2) is 0 Å².